The first-order valence-corrected chi connectivity index (χ1v) is 7.34. The molecule has 23 heavy (non-hydrogen) atoms. The molecule has 1 atom stereocenters. The van der Waals surface area contributed by atoms with Crippen LogP contribution in [-0.2, 0) is 19.1 Å². The van der Waals surface area contributed by atoms with Gasteiger partial charge >= 0.3 is 0 Å². The van der Waals surface area contributed by atoms with Gasteiger partial charge in [0.1, 0.15) is 0 Å². The second kappa shape index (κ2) is 7.12. The Morgan fingerprint density at radius 1 is 1.30 bits per heavy atom. The van der Waals surface area contributed by atoms with Crippen LogP contribution in [0.3, 0.4) is 0 Å². The standard InChI is InChI=1S/C16H18ClNO5/c1-9(19)13-14(10-4-6-11(17)7-5-10)18(16(21)15(13)20)8-12(22-2)23-3/h4-7,12,14,20H,8H2,1-3H3. The van der Waals surface area contributed by atoms with Crippen LogP contribution in [0.2, 0.25) is 5.02 Å². The van der Waals surface area contributed by atoms with Gasteiger partial charge in [-0.3, -0.25) is 9.59 Å². The van der Waals surface area contributed by atoms with Crippen LogP contribution < -0.4 is 0 Å². The van der Waals surface area contributed by atoms with E-state index in [2.05, 4.69) is 0 Å². The van der Waals surface area contributed by atoms with E-state index in [0.29, 0.717) is 10.6 Å². The highest BCUT2D eigenvalue weighted by Crippen LogP contribution is 2.38. The third kappa shape index (κ3) is 3.39. The molecule has 0 saturated carbocycles. The van der Waals surface area contributed by atoms with Crippen LogP contribution in [0.5, 0.6) is 0 Å². The van der Waals surface area contributed by atoms with Gasteiger partial charge in [-0.25, -0.2) is 0 Å². The highest BCUT2D eigenvalue weighted by molar-refractivity contribution is 6.30. The zero-order valence-corrected chi connectivity index (χ0v) is 13.8. The Morgan fingerprint density at radius 3 is 2.35 bits per heavy atom. The largest absolute Gasteiger partial charge is 0.503 e. The molecular formula is C16H18ClNO5. The van der Waals surface area contributed by atoms with Crippen LogP contribution >= 0.6 is 11.6 Å². The molecular weight excluding hydrogens is 322 g/mol. The Balaban J connectivity index is 2.46. The van der Waals surface area contributed by atoms with E-state index in [-0.39, 0.29) is 17.9 Å². The molecule has 0 fully saturated rings. The predicted molar refractivity (Wildman–Crippen MR) is 84.0 cm³/mol. The summed E-state index contributed by atoms with van der Waals surface area (Å²) in [6.07, 6.45) is -0.673. The lowest BCUT2D eigenvalue weighted by molar-refractivity contribution is -0.144. The molecule has 1 heterocycles. The summed E-state index contributed by atoms with van der Waals surface area (Å²) in [5, 5.41) is 10.6. The number of ketones is 1. The highest BCUT2D eigenvalue weighted by atomic mass is 35.5. The molecule has 1 unspecified atom stereocenters. The normalized spacial score (nSPS) is 18.2. The molecule has 0 aliphatic carbocycles. The summed E-state index contributed by atoms with van der Waals surface area (Å²) >= 11 is 5.89. The van der Waals surface area contributed by atoms with Crippen molar-refractivity contribution in [1.82, 2.24) is 4.90 Å². The maximum atomic E-state index is 12.4. The minimum atomic E-state index is -0.704. The van der Waals surface area contributed by atoms with Crippen molar-refractivity contribution in [1.29, 1.82) is 0 Å². The maximum absolute atomic E-state index is 12.4. The topological polar surface area (TPSA) is 76.1 Å². The van der Waals surface area contributed by atoms with Crippen LogP contribution in [0, 0.1) is 0 Å². The molecule has 0 aromatic heterocycles. The fourth-order valence-corrected chi connectivity index (χ4v) is 2.72. The lowest BCUT2D eigenvalue weighted by atomic mass is 9.97. The zero-order chi connectivity index (χ0) is 17.1. The number of halogens is 1. The minimum Gasteiger partial charge on any atom is -0.503 e. The molecule has 1 aromatic carbocycles. The van der Waals surface area contributed by atoms with E-state index in [1.54, 1.807) is 24.3 Å². The zero-order valence-electron chi connectivity index (χ0n) is 13.1. The molecule has 1 amide bonds. The van der Waals surface area contributed by atoms with Gasteiger partial charge in [-0.1, -0.05) is 23.7 Å². The second-order valence-corrected chi connectivity index (χ2v) is 5.57. The number of ether oxygens (including phenoxy) is 2. The Bertz CT molecular complexity index is 636. The van der Waals surface area contributed by atoms with Crippen LogP contribution in [-0.4, -0.2) is 48.8 Å². The number of methoxy groups -OCH3 is 2. The average molecular weight is 340 g/mol. The third-order valence-electron chi connectivity index (χ3n) is 3.74. The van der Waals surface area contributed by atoms with Crippen molar-refractivity contribution >= 4 is 23.3 Å². The Hall–Kier alpha value is -1.89. The number of aliphatic hydroxyl groups excluding tert-OH is 1. The highest BCUT2D eigenvalue weighted by Gasteiger charge is 2.43. The van der Waals surface area contributed by atoms with Crippen molar-refractivity contribution < 1.29 is 24.2 Å². The van der Waals surface area contributed by atoms with Gasteiger partial charge in [0.2, 0.25) is 0 Å². The first-order chi connectivity index (χ1) is 10.9. The first-order valence-electron chi connectivity index (χ1n) is 6.96. The van der Waals surface area contributed by atoms with Crippen LogP contribution in [0.4, 0.5) is 0 Å². The molecule has 1 aliphatic rings. The smallest absolute Gasteiger partial charge is 0.290 e. The van der Waals surface area contributed by atoms with Gasteiger partial charge < -0.3 is 19.5 Å². The lowest BCUT2D eigenvalue weighted by Gasteiger charge is -2.29. The number of carbonyl (C=O) groups is 2. The molecule has 1 aromatic rings. The molecule has 0 bridgehead atoms. The quantitative estimate of drug-likeness (QED) is 0.804. The van der Waals surface area contributed by atoms with Crippen molar-refractivity contribution in [2.24, 2.45) is 0 Å². The number of benzene rings is 1. The fourth-order valence-electron chi connectivity index (χ4n) is 2.60. The molecule has 0 saturated heterocycles. The average Bonchev–Trinajstić information content (AvgIpc) is 2.77. The fraction of sp³-hybridized carbons (Fsp3) is 0.375. The van der Waals surface area contributed by atoms with Crippen molar-refractivity contribution in [2.75, 3.05) is 20.8 Å². The van der Waals surface area contributed by atoms with Crippen molar-refractivity contribution in [3.63, 3.8) is 0 Å². The molecule has 124 valence electrons. The third-order valence-corrected chi connectivity index (χ3v) is 3.99. The summed E-state index contributed by atoms with van der Waals surface area (Å²) in [4.78, 5) is 25.7. The number of nitrogens with zero attached hydrogens (tertiary/aromatic N) is 1. The summed E-state index contributed by atoms with van der Waals surface area (Å²) < 4.78 is 10.2. The maximum Gasteiger partial charge on any atom is 0.290 e. The second-order valence-electron chi connectivity index (χ2n) is 5.13. The molecule has 0 spiro atoms. The van der Waals surface area contributed by atoms with Crippen molar-refractivity contribution in [3.8, 4) is 0 Å². The van der Waals surface area contributed by atoms with E-state index < -0.39 is 24.0 Å². The van der Waals surface area contributed by atoms with Crippen LogP contribution in [0.1, 0.15) is 18.5 Å². The summed E-state index contributed by atoms with van der Waals surface area (Å²) in [6.45, 7) is 1.38. The van der Waals surface area contributed by atoms with E-state index in [0.717, 1.165) is 0 Å². The molecule has 7 heteroatoms. The van der Waals surface area contributed by atoms with Gasteiger partial charge in [-0.2, -0.15) is 0 Å². The van der Waals surface area contributed by atoms with Gasteiger partial charge in [0.05, 0.1) is 18.2 Å². The first kappa shape index (κ1) is 17.5. The van der Waals surface area contributed by atoms with Gasteiger partial charge in [0.15, 0.2) is 17.8 Å². The number of hydrogen-bond acceptors (Lipinski definition) is 5. The summed E-state index contributed by atoms with van der Waals surface area (Å²) in [5.74, 6) is -1.54. The Morgan fingerprint density at radius 2 is 1.87 bits per heavy atom. The minimum absolute atomic E-state index is 0.0586. The van der Waals surface area contributed by atoms with E-state index >= 15 is 0 Å². The van der Waals surface area contributed by atoms with E-state index in [9.17, 15) is 14.7 Å². The number of carbonyl (C=O) groups excluding carboxylic acids is 2. The van der Waals surface area contributed by atoms with Gasteiger partial charge in [-0.05, 0) is 24.6 Å². The number of amides is 1. The number of hydrogen-bond donors (Lipinski definition) is 1. The van der Waals surface area contributed by atoms with E-state index in [4.69, 9.17) is 21.1 Å². The number of rotatable bonds is 6. The van der Waals surface area contributed by atoms with Gasteiger partial charge in [0, 0.05) is 19.2 Å². The molecule has 1 aliphatic heterocycles. The molecule has 6 nitrogen and oxygen atoms in total. The van der Waals surface area contributed by atoms with Crippen LogP contribution in [0.15, 0.2) is 35.6 Å². The van der Waals surface area contributed by atoms with Crippen molar-refractivity contribution in [3.05, 3.63) is 46.2 Å². The van der Waals surface area contributed by atoms with Gasteiger partial charge in [0.25, 0.3) is 5.91 Å². The Labute approximate surface area is 139 Å². The number of aliphatic hydroxyl groups is 1. The number of Topliss-reactive ketones (excluding diaryl/α,β-unsaturated/α-hetero) is 1. The van der Waals surface area contributed by atoms with Crippen LogP contribution in [0.25, 0.3) is 0 Å². The van der Waals surface area contributed by atoms with E-state index in [1.807, 2.05) is 0 Å². The molecule has 1 N–H and O–H groups in total. The summed E-state index contributed by atoms with van der Waals surface area (Å²) in [7, 11) is 2.90. The lowest BCUT2D eigenvalue weighted by Crippen LogP contribution is -2.38. The predicted octanol–water partition coefficient (Wildman–Crippen LogP) is 2.24. The van der Waals surface area contributed by atoms with E-state index in [1.165, 1.54) is 26.0 Å². The summed E-state index contributed by atoms with van der Waals surface area (Å²) in [6, 6.07) is 6.05. The monoisotopic (exact) mass is 339 g/mol. The Kier molecular flexibility index (Phi) is 5.41. The van der Waals surface area contributed by atoms with Gasteiger partial charge in [-0.15, -0.1) is 0 Å². The molecule has 0 radical (unpaired) electrons. The molecule has 2 rings (SSSR count). The summed E-state index contributed by atoms with van der Waals surface area (Å²) in [5.41, 5.74) is 0.728. The van der Waals surface area contributed by atoms with Crippen molar-refractivity contribution in [2.45, 2.75) is 19.3 Å². The SMILES string of the molecule is COC(CN1C(=O)C(O)=C(C(C)=O)C1c1ccc(Cl)cc1)OC.